The molecule has 2 atom stereocenters. The van der Waals surface area contributed by atoms with Gasteiger partial charge in [-0.15, -0.1) is 0 Å². The van der Waals surface area contributed by atoms with E-state index in [9.17, 15) is 4.79 Å². The van der Waals surface area contributed by atoms with Crippen LogP contribution in [-0.2, 0) is 4.79 Å². The molecule has 2 rings (SSSR count). The van der Waals surface area contributed by atoms with Crippen LogP contribution in [0.4, 0.5) is 0 Å². The molecule has 116 valence electrons. The van der Waals surface area contributed by atoms with Crippen molar-refractivity contribution >= 4 is 5.97 Å². The van der Waals surface area contributed by atoms with E-state index in [2.05, 4.69) is 11.8 Å². The van der Waals surface area contributed by atoms with Crippen molar-refractivity contribution in [3.63, 3.8) is 0 Å². The van der Waals surface area contributed by atoms with E-state index in [-0.39, 0.29) is 18.4 Å². The zero-order chi connectivity index (χ0) is 15.4. The van der Waals surface area contributed by atoms with Crippen molar-refractivity contribution in [1.82, 2.24) is 4.90 Å². The lowest BCUT2D eigenvalue weighted by Crippen LogP contribution is -2.25. The minimum atomic E-state index is -0.712. The second-order valence-corrected chi connectivity index (χ2v) is 5.53. The van der Waals surface area contributed by atoms with Gasteiger partial charge in [-0.3, -0.25) is 9.69 Å². The van der Waals surface area contributed by atoms with Crippen molar-refractivity contribution in [2.45, 2.75) is 25.8 Å². The number of carboxylic acid groups (broad SMARTS) is 1. The molecule has 1 N–H and O–H groups in total. The minimum absolute atomic E-state index is 0.199. The molecule has 5 nitrogen and oxygen atoms in total. The number of hydrogen-bond donors (Lipinski definition) is 1. The Morgan fingerprint density at radius 3 is 2.81 bits per heavy atom. The fraction of sp³-hybridized carbons (Fsp3) is 0.562. The van der Waals surface area contributed by atoms with Crippen molar-refractivity contribution in [2.24, 2.45) is 5.92 Å². The van der Waals surface area contributed by atoms with E-state index >= 15 is 0 Å². The van der Waals surface area contributed by atoms with Crippen molar-refractivity contribution in [1.29, 1.82) is 0 Å². The van der Waals surface area contributed by atoms with Gasteiger partial charge in [-0.1, -0.05) is 6.07 Å². The fourth-order valence-corrected chi connectivity index (χ4v) is 2.99. The maximum atomic E-state index is 10.8. The van der Waals surface area contributed by atoms with Crippen molar-refractivity contribution in [2.75, 3.05) is 27.3 Å². The Bertz CT molecular complexity index is 503. The molecule has 0 bridgehead atoms. The third-order valence-corrected chi connectivity index (χ3v) is 4.22. The summed E-state index contributed by atoms with van der Waals surface area (Å²) in [7, 11) is 3.29. The predicted molar refractivity (Wildman–Crippen MR) is 79.9 cm³/mol. The number of methoxy groups -OCH3 is 2. The monoisotopic (exact) mass is 293 g/mol. The lowest BCUT2D eigenvalue weighted by molar-refractivity contribution is -0.138. The molecular weight excluding hydrogens is 270 g/mol. The van der Waals surface area contributed by atoms with Gasteiger partial charge in [-0.25, -0.2) is 0 Å². The van der Waals surface area contributed by atoms with Gasteiger partial charge in [0.2, 0.25) is 0 Å². The van der Waals surface area contributed by atoms with Crippen LogP contribution in [0.5, 0.6) is 11.5 Å². The van der Waals surface area contributed by atoms with Crippen LogP contribution in [-0.4, -0.2) is 43.3 Å². The zero-order valence-electron chi connectivity index (χ0n) is 12.8. The molecule has 2 unspecified atom stereocenters. The molecular formula is C16H23NO4. The van der Waals surface area contributed by atoms with Crippen LogP contribution < -0.4 is 9.47 Å². The highest BCUT2D eigenvalue weighted by molar-refractivity contribution is 5.67. The van der Waals surface area contributed by atoms with Gasteiger partial charge in [-0.2, -0.15) is 0 Å². The average Bonchev–Trinajstić information content (AvgIpc) is 2.93. The summed E-state index contributed by atoms with van der Waals surface area (Å²) in [5.41, 5.74) is 1.11. The molecule has 1 aromatic rings. The van der Waals surface area contributed by atoms with E-state index in [4.69, 9.17) is 14.6 Å². The van der Waals surface area contributed by atoms with Gasteiger partial charge in [0.25, 0.3) is 0 Å². The summed E-state index contributed by atoms with van der Waals surface area (Å²) in [5, 5.41) is 8.90. The number of carbonyl (C=O) groups is 1. The van der Waals surface area contributed by atoms with Gasteiger partial charge in [0.15, 0.2) is 0 Å². The highest BCUT2D eigenvalue weighted by Gasteiger charge is 2.29. The van der Waals surface area contributed by atoms with Gasteiger partial charge in [-0.05, 0) is 31.9 Å². The number of nitrogens with zero attached hydrogens (tertiary/aromatic N) is 1. The average molecular weight is 293 g/mol. The number of ether oxygens (including phenoxy) is 2. The van der Waals surface area contributed by atoms with E-state index in [0.29, 0.717) is 0 Å². The molecule has 0 aliphatic carbocycles. The lowest BCUT2D eigenvalue weighted by atomic mass is 10.0. The summed E-state index contributed by atoms with van der Waals surface area (Å²) in [6, 6.07) is 6.03. The Hall–Kier alpha value is -1.75. The lowest BCUT2D eigenvalue weighted by Gasteiger charge is -2.26. The van der Waals surface area contributed by atoms with E-state index in [1.54, 1.807) is 14.2 Å². The smallest absolute Gasteiger partial charge is 0.303 e. The summed E-state index contributed by atoms with van der Waals surface area (Å²) < 4.78 is 10.7. The predicted octanol–water partition coefficient (Wildman–Crippen LogP) is 2.56. The number of rotatable bonds is 6. The Balaban J connectivity index is 2.10. The molecule has 0 radical (unpaired) electrons. The largest absolute Gasteiger partial charge is 0.497 e. The molecule has 1 aliphatic heterocycles. The van der Waals surface area contributed by atoms with Crippen molar-refractivity contribution in [3.8, 4) is 11.5 Å². The maximum absolute atomic E-state index is 10.8. The number of aliphatic carboxylic acids is 1. The van der Waals surface area contributed by atoms with Gasteiger partial charge < -0.3 is 14.6 Å². The first-order chi connectivity index (χ1) is 10.0. The number of hydrogen-bond acceptors (Lipinski definition) is 4. The SMILES string of the molecule is COc1ccc(C(C)N2CCC(CC(=O)O)C2)c(OC)c1. The molecule has 1 aliphatic rings. The summed E-state index contributed by atoms with van der Waals surface area (Å²) in [5.74, 6) is 1.11. The second-order valence-electron chi connectivity index (χ2n) is 5.53. The van der Waals surface area contributed by atoms with Crippen LogP contribution in [0.2, 0.25) is 0 Å². The van der Waals surface area contributed by atoms with Crippen molar-refractivity contribution in [3.05, 3.63) is 23.8 Å². The van der Waals surface area contributed by atoms with Gasteiger partial charge in [0, 0.05) is 30.6 Å². The molecule has 5 heteroatoms. The first kappa shape index (κ1) is 15.6. The number of benzene rings is 1. The molecule has 0 saturated carbocycles. The van der Waals surface area contributed by atoms with E-state index in [1.165, 1.54) is 0 Å². The molecule has 0 aromatic heterocycles. The normalized spacial score (nSPS) is 20.2. The summed E-state index contributed by atoms with van der Waals surface area (Å²) >= 11 is 0. The summed E-state index contributed by atoms with van der Waals surface area (Å²) in [4.78, 5) is 13.1. The first-order valence-corrected chi connectivity index (χ1v) is 7.23. The molecule has 1 aromatic carbocycles. The van der Waals surface area contributed by atoms with Gasteiger partial charge >= 0.3 is 5.97 Å². The van der Waals surface area contributed by atoms with Crippen LogP contribution in [0, 0.1) is 5.92 Å². The van der Waals surface area contributed by atoms with Crippen LogP contribution in [0.3, 0.4) is 0 Å². The van der Waals surface area contributed by atoms with Crippen LogP contribution in [0.1, 0.15) is 31.4 Å². The van der Waals surface area contributed by atoms with E-state index in [0.717, 1.165) is 36.6 Å². The second kappa shape index (κ2) is 6.80. The van der Waals surface area contributed by atoms with E-state index < -0.39 is 5.97 Å². The fourth-order valence-electron chi connectivity index (χ4n) is 2.99. The molecule has 1 fully saturated rings. The Labute approximate surface area is 125 Å². The zero-order valence-corrected chi connectivity index (χ0v) is 12.8. The van der Waals surface area contributed by atoms with Crippen molar-refractivity contribution < 1.29 is 19.4 Å². The molecule has 0 amide bonds. The number of carboxylic acids is 1. The van der Waals surface area contributed by atoms with Gasteiger partial charge in [0.05, 0.1) is 14.2 Å². The third-order valence-electron chi connectivity index (χ3n) is 4.22. The van der Waals surface area contributed by atoms with E-state index in [1.807, 2.05) is 18.2 Å². The summed E-state index contributed by atoms with van der Waals surface area (Å²) in [6.45, 7) is 3.88. The minimum Gasteiger partial charge on any atom is -0.497 e. The van der Waals surface area contributed by atoms with Crippen LogP contribution in [0.15, 0.2) is 18.2 Å². The molecule has 0 spiro atoms. The van der Waals surface area contributed by atoms with Crippen LogP contribution >= 0.6 is 0 Å². The Morgan fingerprint density at radius 2 is 2.19 bits per heavy atom. The molecule has 1 heterocycles. The molecule has 1 saturated heterocycles. The van der Waals surface area contributed by atoms with Gasteiger partial charge in [0.1, 0.15) is 11.5 Å². The Kier molecular flexibility index (Phi) is 5.07. The highest BCUT2D eigenvalue weighted by Crippen LogP contribution is 2.35. The first-order valence-electron chi connectivity index (χ1n) is 7.23. The quantitative estimate of drug-likeness (QED) is 0.873. The summed E-state index contributed by atoms with van der Waals surface area (Å²) in [6.07, 6.45) is 1.19. The highest BCUT2D eigenvalue weighted by atomic mass is 16.5. The Morgan fingerprint density at radius 1 is 1.43 bits per heavy atom. The molecule has 21 heavy (non-hydrogen) atoms. The topological polar surface area (TPSA) is 59.0 Å². The number of likely N-dealkylation sites (tertiary alicyclic amines) is 1. The maximum Gasteiger partial charge on any atom is 0.303 e. The van der Waals surface area contributed by atoms with Crippen LogP contribution in [0.25, 0.3) is 0 Å². The third kappa shape index (κ3) is 3.67. The standard InChI is InChI=1S/C16H23NO4/c1-11(17-7-6-12(10-17)8-16(18)19)14-5-4-13(20-2)9-15(14)21-3/h4-5,9,11-12H,6-8,10H2,1-3H3,(H,18,19).